The number of thiophene rings is 1. The van der Waals surface area contributed by atoms with Gasteiger partial charge in [-0.2, -0.15) is 0 Å². The predicted molar refractivity (Wildman–Crippen MR) is 66.7 cm³/mol. The number of aromatic nitrogens is 1. The maximum Gasteiger partial charge on any atom is 0.263 e. The van der Waals surface area contributed by atoms with Crippen LogP contribution in [0.1, 0.15) is 23.0 Å². The summed E-state index contributed by atoms with van der Waals surface area (Å²) in [6, 6.07) is 3.76. The predicted octanol–water partition coefficient (Wildman–Crippen LogP) is 2.02. The van der Waals surface area contributed by atoms with E-state index in [4.69, 9.17) is 5.73 Å². The van der Waals surface area contributed by atoms with Crippen LogP contribution in [-0.2, 0) is 0 Å². The van der Waals surface area contributed by atoms with Crippen molar-refractivity contribution in [2.75, 3.05) is 12.3 Å². The Morgan fingerprint density at radius 1 is 1.62 bits per heavy atom. The van der Waals surface area contributed by atoms with Crippen molar-refractivity contribution in [2.45, 2.75) is 13.3 Å². The Balaban J connectivity index is 2.37. The van der Waals surface area contributed by atoms with Gasteiger partial charge in [0, 0.05) is 12.7 Å². The average molecular weight is 235 g/mol. The number of carbonyl (C=O) groups excluding carboxylic acids is 1. The number of nitrogens with one attached hydrogen (secondary N) is 1. The molecule has 0 aliphatic rings. The van der Waals surface area contributed by atoms with Crippen molar-refractivity contribution in [2.24, 2.45) is 0 Å². The summed E-state index contributed by atoms with van der Waals surface area (Å²) in [7, 11) is 0. The standard InChI is InChI=1S/C11H13N3OS/c1-2-5-14-11(15)10-8(12)9-7(16-10)4-3-6-13-9/h3-4,6H,2,5,12H2,1H3,(H,14,15). The van der Waals surface area contributed by atoms with Crippen molar-refractivity contribution in [3.63, 3.8) is 0 Å². The van der Waals surface area contributed by atoms with Gasteiger partial charge in [-0.3, -0.25) is 9.78 Å². The molecule has 0 unspecified atom stereocenters. The number of nitrogens with zero attached hydrogens (tertiary/aromatic N) is 1. The second-order valence-corrected chi connectivity index (χ2v) is 4.50. The SMILES string of the molecule is CCCNC(=O)c1sc2cccnc2c1N. The minimum absolute atomic E-state index is 0.109. The fourth-order valence-corrected chi connectivity index (χ4v) is 2.43. The van der Waals surface area contributed by atoms with Crippen molar-refractivity contribution >= 4 is 33.1 Å². The van der Waals surface area contributed by atoms with Gasteiger partial charge < -0.3 is 11.1 Å². The summed E-state index contributed by atoms with van der Waals surface area (Å²) in [4.78, 5) is 16.5. The van der Waals surface area contributed by atoms with E-state index in [0.717, 1.165) is 11.1 Å². The number of nitrogen functional groups attached to an aromatic ring is 1. The lowest BCUT2D eigenvalue weighted by Crippen LogP contribution is -2.23. The van der Waals surface area contributed by atoms with E-state index in [0.29, 0.717) is 22.6 Å². The molecule has 0 atom stereocenters. The molecule has 0 aliphatic heterocycles. The van der Waals surface area contributed by atoms with Crippen LogP contribution in [0.15, 0.2) is 18.3 Å². The molecule has 0 fully saturated rings. The third-order valence-corrected chi connectivity index (χ3v) is 3.38. The minimum atomic E-state index is -0.109. The van der Waals surface area contributed by atoms with E-state index in [2.05, 4.69) is 10.3 Å². The Morgan fingerprint density at radius 2 is 2.44 bits per heavy atom. The maximum absolute atomic E-state index is 11.8. The van der Waals surface area contributed by atoms with Gasteiger partial charge in [0.1, 0.15) is 10.4 Å². The van der Waals surface area contributed by atoms with Gasteiger partial charge in [0.25, 0.3) is 5.91 Å². The second kappa shape index (κ2) is 4.49. The van der Waals surface area contributed by atoms with Crippen molar-refractivity contribution in [3.8, 4) is 0 Å². The van der Waals surface area contributed by atoms with Crippen molar-refractivity contribution in [1.29, 1.82) is 0 Å². The number of rotatable bonds is 3. The number of anilines is 1. The van der Waals surface area contributed by atoms with E-state index >= 15 is 0 Å². The first-order valence-corrected chi connectivity index (χ1v) is 5.97. The highest BCUT2D eigenvalue weighted by atomic mass is 32.1. The van der Waals surface area contributed by atoms with Crippen LogP contribution in [0.5, 0.6) is 0 Å². The summed E-state index contributed by atoms with van der Waals surface area (Å²) >= 11 is 1.38. The molecule has 3 N–H and O–H groups in total. The van der Waals surface area contributed by atoms with Crippen LogP contribution < -0.4 is 11.1 Å². The summed E-state index contributed by atoms with van der Waals surface area (Å²) in [5, 5.41) is 2.81. The quantitative estimate of drug-likeness (QED) is 0.855. The number of carbonyl (C=O) groups is 1. The molecule has 0 spiro atoms. The molecular weight excluding hydrogens is 222 g/mol. The van der Waals surface area contributed by atoms with Crippen molar-refractivity contribution < 1.29 is 4.79 Å². The van der Waals surface area contributed by atoms with Gasteiger partial charge >= 0.3 is 0 Å². The zero-order valence-corrected chi connectivity index (χ0v) is 9.80. The highest BCUT2D eigenvalue weighted by Crippen LogP contribution is 2.31. The Kier molecular flexibility index (Phi) is 3.05. The normalized spacial score (nSPS) is 10.6. The molecule has 5 heteroatoms. The van der Waals surface area contributed by atoms with Crippen LogP contribution in [0.25, 0.3) is 10.2 Å². The van der Waals surface area contributed by atoms with E-state index in [1.165, 1.54) is 11.3 Å². The summed E-state index contributed by atoms with van der Waals surface area (Å²) in [6.07, 6.45) is 2.59. The van der Waals surface area contributed by atoms with Crippen LogP contribution in [0.2, 0.25) is 0 Å². The van der Waals surface area contributed by atoms with Crippen molar-refractivity contribution in [1.82, 2.24) is 10.3 Å². The van der Waals surface area contributed by atoms with Gasteiger partial charge in [-0.15, -0.1) is 11.3 Å². The van der Waals surface area contributed by atoms with Gasteiger partial charge in [-0.05, 0) is 18.6 Å². The molecular formula is C11H13N3OS. The van der Waals surface area contributed by atoms with E-state index in [1.54, 1.807) is 6.20 Å². The largest absolute Gasteiger partial charge is 0.396 e. The fourth-order valence-electron chi connectivity index (χ4n) is 1.44. The lowest BCUT2D eigenvalue weighted by atomic mass is 10.3. The van der Waals surface area contributed by atoms with Crippen LogP contribution in [0.3, 0.4) is 0 Å². The Morgan fingerprint density at radius 3 is 3.12 bits per heavy atom. The molecule has 2 rings (SSSR count). The third kappa shape index (κ3) is 1.86. The minimum Gasteiger partial charge on any atom is -0.396 e. The van der Waals surface area contributed by atoms with Crippen LogP contribution >= 0.6 is 11.3 Å². The van der Waals surface area contributed by atoms with Crippen LogP contribution in [0, 0.1) is 0 Å². The highest BCUT2D eigenvalue weighted by molar-refractivity contribution is 7.21. The second-order valence-electron chi connectivity index (χ2n) is 3.45. The molecule has 4 nitrogen and oxygen atoms in total. The summed E-state index contributed by atoms with van der Waals surface area (Å²) in [5.41, 5.74) is 7.10. The zero-order valence-electron chi connectivity index (χ0n) is 8.99. The first-order valence-electron chi connectivity index (χ1n) is 5.15. The average Bonchev–Trinajstić information content (AvgIpc) is 2.64. The number of hydrogen-bond acceptors (Lipinski definition) is 4. The van der Waals surface area contributed by atoms with Gasteiger partial charge in [-0.25, -0.2) is 0 Å². The molecule has 0 radical (unpaired) electrons. The molecule has 2 aromatic rings. The van der Waals surface area contributed by atoms with Gasteiger partial charge in [-0.1, -0.05) is 6.92 Å². The van der Waals surface area contributed by atoms with Gasteiger partial charge in [0.15, 0.2) is 0 Å². The molecule has 0 saturated carbocycles. The lowest BCUT2D eigenvalue weighted by Gasteiger charge is -2.01. The number of fused-ring (bicyclic) bond motifs is 1. The summed E-state index contributed by atoms with van der Waals surface area (Å²) < 4.78 is 0.946. The fraction of sp³-hybridized carbons (Fsp3) is 0.273. The van der Waals surface area contributed by atoms with Crippen molar-refractivity contribution in [3.05, 3.63) is 23.2 Å². The molecule has 0 aliphatic carbocycles. The van der Waals surface area contributed by atoms with Gasteiger partial charge in [0.2, 0.25) is 0 Å². The molecule has 2 heterocycles. The topological polar surface area (TPSA) is 68.0 Å². The smallest absolute Gasteiger partial charge is 0.263 e. The molecule has 0 bridgehead atoms. The monoisotopic (exact) mass is 235 g/mol. The molecule has 16 heavy (non-hydrogen) atoms. The van der Waals surface area contributed by atoms with E-state index in [-0.39, 0.29) is 5.91 Å². The van der Waals surface area contributed by atoms with E-state index in [1.807, 2.05) is 19.1 Å². The lowest BCUT2D eigenvalue weighted by molar-refractivity contribution is 0.0958. The Labute approximate surface area is 97.5 Å². The first-order chi connectivity index (χ1) is 7.74. The molecule has 0 aromatic carbocycles. The van der Waals surface area contributed by atoms with Crippen LogP contribution in [-0.4, -0.2) is 17.4 Å². The molecule has 84 valence electrons. The summed E-state index contributed by atoms with van der Waals surface area (Å²) in [5.74, 6) is -0.109. The zero-order chi connectivity index (χ0) is 11.5. The molecule has 2 aromatic heterocycles. The molecule has 1 amide bonds. The number of amides is 1. The summed E-state index contributed by atoms with van der Waals surface area (Å²) in [6.45, 7) is 2.68. The number of nitrogens with two attached hydrogens (primary N) is 1. The van der Waals surface area contributed by atoms with Gasteiger partial charge in [0.05, 0.1) is 10.4 Å². The van der Waals surface area contributed by atoms with E-state index in [9.17, 15) is 4.79 Å². The van der Waals surface area contributed by atoms with E-state index < -0.39 is 0 Å². The third-order valence-electron chi connectivity index (χ3n) is 2.22. The first kappa shape index (κ1) is 10.9. The number of pyridine rings is 1. The Bertz CT molecular complexity index is 521. The maximum atomic E-state index is 11.8. The highest BCUT2D eigenvalue weighted by Gasteiger charge is 2.16. The number of hydrogen-bond donors (Lipinski definition) is 2. The molecule has 0 saturated heterocycles. The van der Waals surface area contributed by atoms with Crippen LogP contribution in [0.4, 0.5) is 5.69 Å². The Hall–Kier alpha value is -1.62.